The van der Waals surface area contributed by atoms with Crippen molar-refractivity contribution in [3.8, 4) is 11.4 Å². The van der Waals surface area contributed by atoms with Gasteiger partial charge >= 0.3 is 0 Å². The Labute approximate surface area is 156 Å². The van der Waals surface area contributed by atoms with Gasteiger partial charge in [0.1, 0.15) is 0 Å². The van der Waals surface area contributed by atoms with Gasteiger partial charge in [0.2, 0.25) is 11.7 Å². The molecule has 5 nitrogen and oxygen atoms in total. The van der Waals surface area contributed by atoms with Gasteiger partial charge in [-0.3, -0.25) is 0 Å². The highest BCUT2D eigenvalue weighted by Crippen LogP contribution is 2.19. The van der Waals surface area contributed by atoms with E-state index in [-0.39, 0.29) is 0 Å². The normalized spacial score (nSPS) is 10.5. The highest BCUT2D eigenvalue weighted by molar-refractivity contribution is 7.80. The molecule has 0 unspecified atom stereocenters. The summed E-state index contributed by atoms with van der Waals surface area (Å²) in [7, 11) is 0. The van der Waals surface area contributed by atoms with Crippen molar-refractivity contribution in [2.75, 3.05) is 5.32 Å². The van der Waals surface area contributed by atoms with Crippen molar-refractivity contribution >= 4 is 34.6 Å². The average Bonchev–Trinajstić information content (AvgIpc) is 3.05. The summed E-state index contributed by atoms with van der Waals surface area (Å²) >= 11 is 11.2. The summed E-state index contributed by atoms with van der Waals surface area (Å²) in [5.41, 5.74) is 4.15. The summed E-state index contributed by atoms with van der Waals surface area (Å²) in [5.74, 6) is 0.969. The van der Waals surface area contributed by atoms with E-state index in [1.54, 1.807) is 12.1 Å². The highest BCUT2D eigenvalue weighted by atomic mass is 35.5. The maximum Gasteiger partial charge on any atom is 0.246 e. The third-order valence-corrected chi connectivity index (χ3v) is 4.10. The van der Waals surface area contributed by atoms with E-state index in [0.29, 0.717) is 28.4 Å². The maximum absolute atomic E-state index is 5.88. The number of hydrogen-bond donors (Lipinski definition) is 2. The average molecular weight is 373 g/mol. The lowest BCUT2D eigenvalue weighted by Crippen LogP contribution is -2.28. The fraction of sp³-hybridized carbons (Fsp3) is 0.167. The number of halogens is 1. The van der Waals surface area contributed by atoms with E-state index >= 15 is 0 Å². The standard InChI is InChI=1S/C18H17ClN4OS/c1-11-3-8-15(12(2)9-11)21-18(25)20-10-16-22-17(23-24-16)13-4-6-14(19)7-5-13/h3-9H,10H2,1-2H3,(H2,20,21,25). The minimum atomic E-state index is 0.345. The first-order chi connectivity index (χ1) is 12.0. The van der Waals surface area contributed by atoms with Gasteiger partial charge in [0.05, 0.1) is 6.54 Å². The topological polar surface area (TPSA) is 63.0 Å². The highest BCUT2D eigenvalue weighted by Gasteiger charge is 2.09. The van der Waals surface area contributed by atoms with Crippen molar-refractivity contribution in [3.05, 3.63) is 64.5 Å². The number of rotatable bonds is 4. The molecule has 3 rings (SSSR count). The van der Waals surface area contributed by atoms with Gasteiger partial charge in [-0.15, -0.1) is 0 Å². The van der Waals surface area contributed by atoms with Crippen LogP contribution in [0.4, 0.5) is 5.69 Å². The molecule has 25 heavy (non-hydrogen) atoms. The monoisotopic (exact) mass is 372 g/mol. The summed E-state index contributed by atoms with van der Waals surface area (Å²) in [4.78, 5) is 4.35. The van der Waals surface area contributed by atoms with Crippen LogP contribution in [0.5, 0.6) is 0 Å². The minimum Gasteiger partial charge on any atom is -0.353 e. The van der Waals surface area contributed by atoms with Crippen molar-refractivity contribution in [3.63, 3.8) is 0 Å². The Kier molecular flexibility index (Phi) is 5.31. The first-order valence-electron chi connectivity index (χ1n) is 7.72. The third-order valence-electron chi connectivity index (χ3n) is 3.60. The Morgan fingerprint density at radius 1 is 1.16 bits per heavy atom. The van der Waals surface area contributed by atoms with Gasteiger partial charge in [-0.05, 0) is 62.0 Å². The van der Waals surface area contributed by atoms with Crippen molar-refractivity contribution < 1.29 is 4.52 Å². The van der Waals surface area contributed by atoms with E-state index in [0.717, 1.165) is 16.8 Å². The molecular weight excluding hydrogens is 356 g/mol. The maximum atomic E-state index is 5.88. The van der Waals surface area contributed by atoms with Crippen LogP contribution in [-0.2, 0) is 6.54 Å². The van der Waals surface area contributed by atoms with E-state index in [9.17, 15) is 0 Å². The zero-order valence-electron chi connectivity index (χ0n) is 13.8. The molecule has 0 aliphatic carbocycles. The number of anilines is 1. The number of benzene rings is 2. The van der Waals surface area contributed by atoms with Crippen molar-refractivity contribution in [2.45, 2.75) is 20.4 Å². The van der Waals surface area contributed by atoms with Crippen LogP contribution in [0.15, 0.2) is 47.0 Å². The fourth-order valence-corrected chi connectivity index (χ4v) is 2.63. The van der Waals surface area contributed by atoms with Gasteiger partial charge in [0.15, 0.2) is 5.11 Å². The van der Waals surface area contributed by atoms with E-state index in [1.165, 1.54) is 5.56 Å². The van der Waals surface area contributed by atoms with Crippen molar-refractivity contribution in [1.29, 1.82) is 0 Å². The Morgan fingerprint density at radius 3 is 2.64 bits per heavy atom. The molecule has 2 N–H and O–H groups in total. The van der Waals surface area contributed by atoms with Gasteiger partial charge in [-0.1, -0.05) is 34.5 Å². The molecule has 0 bridgehead atoms. The molecule has 0 aliphatic heterocycles. The smallest absolute Gasteiger partial charge is 0.246 e. The zero-order chi connectivity index (χ0) is 17.8. The second-order valence-corrected chi connectivity index (χ2v) is 6.49. The van der Waals surface area contributed by atoms with Gasteiger partial charge < -0.3 is 15.2 Å². The molecule has 0 fully saturated rings. The fourth-order valence-electron chi connectivity index (χ4n) is 2.32. The lowest BCUT2D eigenvalue weighted by molar-refractivity contribution is 0.376. The van der Waals surface area contributed by atoms with E-state index in [4.69, 9.17) is 28.3 Å². The lowest BCUT2D eigenvalue weighted by Gasteiger charge is -2.11. The van der Waals surface area contributed by atoms with Crippen LogP contribution in [0.25, 0.3) is 11.4 Å². The van der Waals surface area contributed by atoms with Crippen LogP contribution < -0.4 is 10.6 Å². The van der Waals surface area contributed by atoms with Crippen LogP contribution in [0, 0.1) is 13.8 Å². The van der Waals surface area contributed by atoms with Crippen LogP contribution in [-0.4, -0.2) is 15.3 Å². The molecule has 2 aromatic carbocycles. The quantitative estimate of drug-likeness (QED) is 0.658. The summed E-state index contributed by atoms with van der Waals surface area (Å²) in [6, 6.07) is 13.4. The van der Waals surface area contributed by atoms with Crippen LogP contribution in [0.2, 0.25) is 5.02 Å². The molecule has 0 amide bonds. The van der Waals surface area contributed by atoms with E-state index in [2.05, 4.69) is 33.8 Å². The molecule has 0 radical (unpaired) electrons. The van der Waals surface area contributed by atoms with Crippen molar-refractivity contribution in [1.82, 2.24) is 15.5 Å². The molecule has 1 aromatic heterocycles. The van der Waals surface area contributed by atoms with Crippen LogP contribution in [0.3, 0.4) is 0 Å². The Hall–Kier alpha value is -2.44. The Balaban J connectivity index is 1.58. The second kappa shape index (κ2) is 7.63. The molecule has 0 aliphatic rings. The lowest BCUT2D eigenvalue weighted by atomic mass is 10.1. The Morgan fingerprint density at radius 2 is 1.92 bits per heavy atom. The summed E-state index contributed by atoms with van der Waals surface area (Å²) in [5, 5.41) is 11.4. The third kappa shape index (κ3) is 4.55. The number of nitrogens with zero attached hydrogens (tertiary/aromatic N) is 2. The first-order valence-corrected chi connectivity index (χ1v) is 8.50. The predicted molar refractivity (Wildman–Crippen MR) is 104 cm³/mol. The summed E-state index contributed by atoms with van der Waals surface area (Å²) in [6.45, 7) is 4.44. The molecule has 3 aromatic rings. The Bertz CT molecular complexity index is 892. The predicted octanol–water partition coefficient (Wildman–Crippen LogP) is 4.49. The largest absolute Gasteiger partial charge is 0.353 e. The van der Waals surface area contributed by atoms with Gasteiger partial charge in [-0.25, -0.2) is 0 Å². The number of hydrogen-bond acceptors (Lipinski definition) is 4. The van der Waals surface area contributed by atoms with Gasteiger partial charge in [0.25, 0.3) is 0 Å². The molecule has 7 heteroatoms. The number of thiocarbonyl (C=S) groups is 1. The number of nitrogens with one attached hydrogen (secondary N) is 2. The van der Waals surface area contributed by atoms with Crippen molar-refractivity contribution in [2.24, 2.45) is 0 Å². The minimum absolute atomic E-state index is 0.345. The molecule has 0 saturated heterocycles. The molecular formula is C18H17ClN4OS. The van der Waals surface area contributed by atoms with Crippen LogP contribution >= 0.6 is 23.8 Å². The molecule has 0 saturated carbocycles. The van der Waals surface area contributed by atoms with Crippen LogP contribution in [0.1, 0.15) is 17.0 Å². The molecule has 1 heterocycles. The SMILES string of the molecule is Cc1ccc(NC(=S)NCc2nc(-c3ccc(Cl)cc3)no2)c(C)c1. The summed E-state index contributed by atoms with van der Waals surface area (Å²) in [6.07, 6.45) is 0. The molecule has 128 valence electrons. The first kappa shape index (κ1) is 17.4. The second-order valence-electron chi connectivity index (χ2n) is 5.64. The molecule has 0 spiro atoms. The van der Waals surface area contributed by atoms with E-state index in [1.807, 2.05) is 31.2 Å². The van der Waals surface area contributed by atoms with Gasteiger partial charge in [0, 0.05) is 16.3 Å². The zero-order valence-corrected chi connectivity index (χ0v) is 15.4. The number of aromatic nitrogens is 2. The summed E-state index contributed by atoms with van der Waals surface area (Å²) < 4.78 is 5.25. The molecule has 0 atom stereocenters. The number of aryl methyl sites for hydroxylation is 2. The van der Waals surface area contributed by atoms with Gasteiger partial charge in [-0.2, -0.15) is 4.98 Å². The van der Waals surface area contributed by atoms with E-state index < -0.39 is 0 Å².